The molecule has 0 aromatic carbocycles. The van der Waals surface area contributed by atoms with Gasteiger partial charge in [-0.3, -0.25) is 4.79 Å². The Labute approximate surface area is 141 Å². The van der Waals surface area contributed by atoms with Crippen LogP contribution in [-0.2, 0) is 14.8 Å². The van der Waals surface area contributed by atoms with Gasteiger partial charge in [0.15, 0.2) is 0 Å². The first-order chi connectivity index (χ1) is 10.9. The molecule has 1 heterocycles. The van der Waals surface area contributed by atoms with Crippen LogP contribution in [0.3, 0.4) is 0 Å². The first-order valence-corrected chi connectivity index (χ1v) is 10.5. The Morgan fingerprint density at radius 2 is 1.83 bits per heavy atom. The molecule has 1 fully saturated rings. The molecule has 0 saturated carbocycles. The maximum atomic E-state index is 13.1. The Morgan fingerprint density at radius 3 is 2.43 bits per heavy atom. The van der Waals surface area contributed by atoms with Gasteiger partial charge in [0.05, 0.1) is 5.25 Å². The van der Waals surface area contributed by atoms with Crippen molar-refractivity contribution in [3.05, 3.63) is 0 Å². The highest BCUT2D eigenvalue weighted by atomic mass is 32.2. The largest absolute Gasteiger partial charge is 0.368 e. The van der Waals surface area contributed by atoms with E-state index in [-0.39, 0.29) is 5.25 Å². The molecule has 23 heavy (non-hydrogen) atoms. The molecule has 1 aliphatic heterocycles. The number of nitrogens with one attached hydrogen (secondary N) is 1. The molecule has 0 spiro atoms. The summed E-state index contributed by atoms with van der Waals surface area (Å²) in [5, 5.41) is 2.66. The van der Waals surface area contributed by atoms with Crippen molar-refractivity contribution in [2.24, 2.45) is 5.73 Å². The minimum Gasteiger partial charge on any atom is -0.368 e. The van der Waals surface area contributed by atoms with Gasteiger partial charge in [0.2, 0.25) is 15.9 Å². The van der Waals surface area contributed by atoms with E-state index in [1.165, 1.54) is 4.31 Å². The lowest BCUT2D eigenvalue weighted by molar-refractivity contribution is -0.122. The molecule has 1 unspecified atom stereocenters. The number of hydrogen-bond donors (Lipinski definition) is 2. The first kappa shape index (κ1) is 20.4. The van der Waals surface area contributed by atoms with E-state index in [2.05, 4.69) is 19.2 Å². The molecule has 6 nitrogen and oxygen atoms in total. The number of hydrogen-bond acceptors (Lipinski definition) is 4. The van der Waals surface area contributed by atoms with Crippen LogP contribution in [0.25, 0.3) is 0 Å². The standard InChI is InChI=1S/C16H33N3O3S/c1-3-5-7-8-10-14(9-6-4-2)23(21,22)19-12-11-18-13-15(19)16(17)20/h14-15,18H,3-13H2,1-2H3,(H2,17,20)/t14-,15?/m1/s1. The minimum absolute atomic E-state index is 0.310. The predicted octanol–water partition coefficient (Wildman–Crippen LogP) is 1.60. The van der Waals surface area contributed by atoms with E-state index in [4.69, 9.17) is 5.73 Å². The van der Waals surface area contributed by atoms with Gasteiger partial charge in [-0.05, 0) is 12.8 Å². The zero-order valence-electron chi connectivity index (χ0n) is 14.6. The van der Waals surface area contributed by atoms with Crippen LogP contribution in [0, 0.1) is 0 Å². The molecule has 1 aliphatic rings. The summed E-state index contributed by atoms with van der Waals surface area (Å²) in [4.78, 5) is 11.6. The third kappa shape index (κ3) is 6.04. The monoisotopic (exact) mass is 347 g/mol. The van der Waals surface area contributed by atoms with E-state index < -0.39 is 22.0 Å². The van der Waals surface area contributed by atoms with Gasteiger partial charge >= 0.3 is 0 Å². The van der Waals surface area contributed by atoms with Gasteiger partial charge in [-0.25, -0.2) is 8.42 Å². The number of piperazine rings is 1. The Kier molecular flexibility index (Phi) is 9.09. The van der Waals surface area contributed by atoms with Crippen molar-refractivity contribution in [3.63, 3.8) is 0 Å². The molecule has 0 bridgehead atoms. The van der Waals surface area contributed by atoms with E-state index in [1.807, 2.05) is 0 Å². The average Bonchev–Trinajstić information content (AvgIpc) is 2.54. The van der Waals surface area contributed by atoms with Crippen LogP contribution in [0.15, 0.2) is 0 Å². The number of nitrogens with two attached hydrogens (primary N) is 1. The molecule has 3 N–H and O–H groups in total. The van der Waals surface area contributed by atoms with Gasteiger partial charge in [0.25, 0.3) is 0 Å². The number of amides is 1. The number of sulfonamides is 1. The molecular formula is C16H33N3O3S. The highest BCUT2D eigenvalue weighted by Gasteiger charge is 2.39. The zero-order chi connectivity index (χ0) is 17.3. The van der Waals surface area contributed by atoms with Crippen molar-refractivity contribution in [2.75, 3.05) is 19.6 Å². The molecule has 0 aromatic rings. The smallest absolute Gasteiger partial charge is 0.237 e. The SMILES string of the molecule is CCCCCC[C@@H](CCCC)S(=O)(=O)N1CCNCC1C(N)=O. The number of nitrogens with zero attached hydrogens (tertiary/aromatic N) is 1. The van der Waals surface area contributed by atoms with Crippen LogP contribution in [-0.4, -0.2) is 49.6 Å². The van der Waals surface area contributed by atoms with Crippen LogP contribution >= 0.6 is 0 Å². The molecule has 0 aliphatic carbocycles. The normalized spacial score (nSPS) is 21.2. The molecular weight excluding hydrogens is 314 g/mol. The van der Waals surface area contributed by atoms with E-state index in [1.54, 1.807) is 0 Å². The summed E-state index contributed by atoms with van der Waals surface area (Å²) in [5.41, 5.74) is 5.41. The molecule has 2 atom stereocenters. The van der Waals surface area contributed by atoms with Gasteiger partial charge in [0.1, 0.15) is 6.04 Å². The molecule has 1 rings (SSSR count). The number of carbonyl (C=O) groups is 1. The summed E-state index contributed by atoms with van der Waals surface area (Å²) >= 11 is 0. The Hall–Kier alpha value is -0.660. The number of unbranched alkanes of at least 4 members (excludes halogenated alkanes) is 4. The molecule has 136 valence electrons. The Morgan fingerprint density at radius 1 is 1.17 bits per heavy atom. The summed E-state index contributed by atoms with van der Waals surface area (Å²) in [6.07, 6.45) is 7.47. The molecule has 0 aromatic heterocycles. The topological polar surface area (TPSA) is 92.5 Å². The number of rotatable bonds is 11. The summed E-state index contributed by atoms with van der Waals surface area (Å²) < 4.78 is 27.5. The third-order valence-electron chi connectivity index (χ3n) is 4.53. The summed E-state index contributed by atoms with van der Waals surface area (Å²) in [5.74, 6) is -0.569. The lowest BCUT2D eigenvalue weighted by atomic mass is 10.1. The van der Waals surface area contributed by atoms with Crippen LogP contribution in [0.4, 0.5) is 0 Å². The van der Waals surface area contributed by atoms with Crippen molar-refractivity contribution in [1.29, 1.82) is 0 Å². The predicted molar refractivity (Wildman–Crippen MR) is 93.5 cm³/mol. The van der Waals surface area contributed by atoms with E-state index >= 15 is 0 Å². The average molecular weight is 348 g/mol. The summed E-state index contributed by atoms with van der Waals surface area (Å²) in [6, 6.07) is -0.756. The van der Waals surface area contributed by atoms with Gasteiger partial charge in [0, 0.05) is 19.6 Å². The second kappa shape index (κ2) is 10.3. The molecule has 1 saturated heterocycles. The van der Waals surface area contributed by atoms with Gasteiger partial charge in [-0.1, -0.05) is 52.4 Å². The fourth-order valence-electron chi connectivity index (χ4n) is 3.10. The highest BCUT2D eigenvalue weighted by Crippen LogP contribution is 2.23. The van der Waals surface area contributed by atoms with Crippen molar-refractivity contribution in [3.8, 4) is 0 Å². The van der Waals surface area contributed by atoms with Crippen molar-refractivity contribution < 1.29 is 13.2 Å². The third-order valence-corrected chi connectivity index (χ3v) is 6.93. The van der Waals surface area contributed by atoms with Crippen LogP contribution < -0.4 is 11.1 Å². The van der Waals surface area contributed by atoms with Gasteiger partial charge < -0.3 is 11.1 Å². The van der Waals surface area contributed by atoms with Crippen molar-refractivity contribution >= 4 is 15.9 Å². The lowest BCUT2D eigenvalue weighted by Crippen LogP contribution is -2.60. The van der Waals surface area contributed by atoms with Gasteiger partial charge in [-0.15, -0.1) is 0 Å². The fraction of sp³-hybridized carbons (Fsp3) is 0.938. The van der Waals surface area contributed by atoms with E-state index in [9.17, 15) is 13.2 Å². The summed E-state index contributed by atoms with van der Waals surface area (Å²) in [6.45, 7) is 5.42. The molecule has 7 heteroatoms. The van der Waals surface area contributed by atoms with Crippen LogP contribution in [0.1, 0.15) is 65.2 Å². The van der Waals surface area contributed by atoms with Crippen molar-refractivity contribution in [2.45, 2.75) is 76.5 Å². The lowest BCUT2D eigenvalue weighted by Gasteiger charge is -2.35. The number of primary amides is 1. The Bertz CT molecular complexity index is 453. The van der Waals surface area contributed by atoms with E-state index in [0.29, 0.717) is 32.5 Å². The van der Waals surface area contributed by atoms with Crippen molar-refractivity contribution in [1.82, 2.24) is 9.62 Å². The summed E-state index contributed by atoms with van der Waals surface area (Å²) in [7, 11) is -3.49. The highest BCUT2D eigenvalue weighted by molar-refractivity contribution is 7.89. The molecule has 1 amide bonds. The zero-order valence-corrected chi connectivity index (χ0v) is 15.4. The first-order valence-electron chi connectivity index (χ1n) is 8.95. The second-order valence-corrected chi connectivity index (χ2v) is 8.56. The maximum absolute atomic E-state index is 13.1. The van der Waals surface area contributed by atoms with E-state index in [0.717, 1.165) is 38.5 Å². The van der Waals surface area contributed by atoms with Crippen LogP contribution in [0.5, 0.6) is 0 Å². The second-order valence-electron chi connectivity index (χ2n) is 6.39. The quantitative estimate of drug-likeness (QED) is 0.555. The minimum atomic E-state index is -3.49. The van der Waals surface area contributed by atoms with Gasteiger partial charge in [-0.2, -0.15) is 4.31 Å². The van der Waals surface area contributed by atoms with Crippen LogP contribution in [0.2, 0.25) is 0 Å². The number of carbonyl (C=O) groups excluding carboxylic acids is 1. The Balaban J connectivity index is 2.84. The maximum Gasteiger partial charge on any atom is 0.237 e. The molecule has 0 radical (unpaired) electrons. The fourth-order valence-corrected chi connectivity index (χ4v) is 5.29.